The van der Waals surface area contributed by atoms with E-state index in [4.69, 9.17) is 16.3 Å². The number of nitrogens with one attached hydrogen (secondary N) is 2. The first-order valence-electron chi connectivity index (χ1n) is 5.94. The molecule has 1 rings (SSSR count). The topological polar surface area (TPSA) is 84.5 Å². The Kier molecular flexibility index (Phi) is 6.60. The van der Waals surface area contributed by atoms with Gasteiger partial charge in [-0.1, -0.05) is 11.6 Å². The predicted molar refractivity (Wildman–Crippen MR) is 78.1 cm³/mol. The molecule has 0 aromatic heterocycles. The summed E-state index contributed by atoms with van der Waals surface area (Å²) in [5.41, 5.74) is 0. The van der Waals surface area contributed by atoms with Gasteiger partial charge in [0, 0.05) is 17.8 Å². The highest BCUT2D eigenvalue weighted by molar-refractivity contribution is 7.90. The number of ether oxygens (including phenoxy) is 1. The lowest BCUT2D eigenvalue weighted by Gasteiger charge is -2.08. The van der Waals surface area contributed by atoms with Crippen molar-refractivity contribution in [3.8, 4) is 5.75 Å². The number of benzene rings is 1. The van der Waals surface area contributed by atoms with E-state index in [0.29, 0.717) is 23.9 Å². The van der Waals surface area contributed by atoms with E-state index >= 15 is 0 Å². The molecule has 0 aliphatic carbocycles. The molecule has 2 amide bonds. The molecule has 0 saturated heterocycles. The molecule has 0 heterocycles. The Balaban J connectivity index is 2.11. The monoisotopic (exact) mass is 320 g/mol. The maximum Gasteiger partial charge on any atom is 0.314 e. The van der Waals surface area contributed by atoms with Crippen LogP contribution in [0.25, 0.3) is 0 Å². The van der Waals surface area contributed by atoms with Gasteiger partial charge in [-0.05, 0) is 24.3 Å². The first kappa shape index (κ1) is 16.6. The maximum absolute atomic E-state index is 11.3. The highest BCUT2D eigenvalue weighted by Gasteiger charge is 2.04. The summed E-state index contributed by atoms with van der Waals surface area (Å²) in [7, 11) is -3.06. The minimum absolute atomic E-state index is 0.0817. The normalized spacial score (nSPS) is 10.9. The summed E-state index contributed by atoms with van der Waals surface area (Å²) < 4.78 is 27.1. The van der Waals surface area contributed by atoms with Crippen molar-refractivity contribution < 1.29 is 17.9 Å². The summed E-state index contributed by atoms with van der Waals surface area (Å²) in [5.74, 6) is 0.579. The Bertz CT molecular complexity index is 531. The van der Waals surface area contributed by atoms with Crippen molar-refractivity contribution in [3.63, 3.8) is 0 Å². The lowest BCUT2D eigenvalue weighted by Crippen LogP contribution is -2.39. The van der Waals surface area contributed by atoms with Crippen molar-refractivity contribution in [2.24, 2.45) is 0 Å². The average molecular weight is 321 g/mol. The van der Waals surface area contributed by atoms with Crippen LogP contribution in [0.4, 0.5) is 4.79 Å². The molecule has 0 spiro atoms. The van der Waals surface area contributed by atoms with E-state index < -0.39 is 15.9 Å². The predicted octanol–water partition coefficient (Wildman–Crippen LogP) is 1.06. The fraction of sp³-hybridized carbons (Fsp3) is 0.417. The molecule has 20 heavy (non-hydrogen) atoms. The second-order valence-corrected chi connectivity index (χ2v) is 6.81. The van der Waals surface area contributed by atoms with Gasteiger partial charge in [-0.3, -0.25) is 0 Å². The van der Waals surface area contributed by atoms with Crippen molar-refractivity contribution in [2.75, 3.05) is 31.7 Å². The molecule has 0 aliphatic heterocycles. The highest BCUT2D eigenvalue weighted by atomic mass is 35.5. The van der Waals surface area contributed by atoms with Crippen molar-refractivity contribution in [2.45, 2.75) is 0 Å². The van der Waals surface area contributed by atoms with Gasteiger partial charge in [0.2, 0.25) is 0 Å². The molecule has 0 radical (unpaired) electrons. The third-order valence-electron chi connectivity index (χ3n) is 2.23. The number of rotatable bonds is 7. The molecular weight excluding hydrogens is 304 g/mol. The second kappa shape index (κ2) is 7.96. The quantitative estimate of drug-likeness (QED) is 0.736. The summed E-state index contributed by atoms with van der Waals surface area (Å²) >= 11 is 5.73. The van der Waals surface area contributed by atoms with Gasteiger partial charge in [0.25, 0.3) is 0 Å². The zero-order chi connectivity index (χ0) is 15.0. The Morgan fingerprint density at radius 2 is 1.80 bits per heavy atom. The van der Waals surface area contributed by atoms with Crippen LogP contribution in [0.1, 0.15) is 0 Å². The van der Waals surface area contributed by atoms with Crippen LogP contribution in [0, 0.1) is 0 Å². The first-order valence-corrected chi connectivity index (χ1v) is 8.38. The van der Waals surface area contributed by atoms with Crippen LogP contribution >= 0.6 is 11.6 Å². The van der Waals surface area contributed by atoms with Crippen molar-refractivity contribution in [1.82, 2.24) is 10.6 Å². The summed E-state index contributed by atoms with van der Waals surface area (Å²) in [6.07, 6.45) is 1.12. The van der Waals surface area contributed by atoms with Gasteiger partial charge < -0.3 is 15.4 Å². The van der Waals surface area contributed by atoms with Crippen molar-refractivity contribution in [1.29, 1.82) is 0 Å². The smallest absolute Gasteiger partial charge is 0.314 e. The van der Waals surface area contributed by atoms with Crippen LogP contribution in [0.3, 0.4) is 0 Å². The van der Waals surface area contributed by atoms with Crippen LogP contribution in [-0.4, -0.2) is 46.2 Å². The van der Waals surface area contributed by atoms with Crippen molar-refractivity contribution in [3.05, 3.63) is 29.3 Å². The number of urea groups is 1. The van der Waals surface area contributed by atoms with Gasteiger partial charge in [0.15, 0.2) is 0 Å². The van der Waals surface area contributed by atoms with Crippen LogP contribution < -0.4 is 15.4 Å². The molecular formula is C12H17ClN2O4S. The molecule has 6 nitrogen and oxygen atoms in total. The van der Waals surface area contributed by atoms with Gasteiger partial charge in [0.05, 0.1) is 12.3 Å². The van der Waals surface area contributed by atoms with E-state index in [1.54, 1.807) is 24.3 Å². The Labute approximate surface area is 123 Å². The second-order valence-electron chi connectivity index (χ2n) is 4.11. The van der Waals surface area contributed by atoms with Gasteiger partial charge in [0.1, 0.15) is 22.2 Å². The molecule has 1 aromatic rings. The molecule has 0 atom stereocenters. The molecule has 0 bridgehead atoms. The molecule has 2 N–H and O–H groups in total. The largest absolute Gasteiger partial charge is 0.492 e. The van der Waals surface area contributed by atoms with E-state index in [-0.39, 0.29) is 12.3 Å². The number of carbonyl (C=O) groups excluding carboxylic acids is 1. The lowest BCUT2D eigenvalue weighted by molar-refractivity contribution is 0.237. The van der Waals surface area contributed by atoms with Gasteiger partial charge in [-0.25, -0.2) is 13.2 Å². The summed E-state index contributed by atoms with van der Waals surface area (Å²) in [5, 5.41) is 5.62. The third-order valence-corrected chi connectivity index (χ3v) is 3.43. The van der Waals surface area contributed by atoms with E-state index in [2.05, 4.69) is 10.6 Å². The standard InChI is InChI=1S/C12H17ClN2O4S/c1-20(17,18)9-7-15-12(16)14-6-8-19-11-4-2-10(13)3-5-11/h2-5H,6-9H2,1H3,(H2,14,15,16). The summed E-state index contributed by atoms with van der Waals surface area (Å²) in [6.45, 7) is 0.706. The number of carbonyl (C=O) groups is 1. The maximum atomic E-state index is 11.3. The van der Waals surface area contributed by atoms with E-state index in [0.717, 1.165) is 6.26 Å². The van der Waals surface area contributed by atoms with E-state index in [1.165, 1.54) is 0 Å². The van der Waals surface area contributed by atoms with E-state index in [9.17, 15) is 13.2 Å². The molecule has 8 heteroatoms. The highest BCUT2D eigenvalue weighted by Crippen LogP contribution is 2.14. The third kappa shape index (κ3) is 7.85. The van der Waals surface area contributed by atoms with Crippen LogP contribution in [-0.2, 0) is 9.84 Å². The average Bonchev–Trinajstić information content (AvgIpc) is 2.35. The summed E-state index contributed by atoms with van der Waals surface area (Å²) in [6, 6.07) is 6.46. The fourth-order valence-corrected chi connectivity index (χ4v) is 1.88. The lowest BCUT2D eigenvalue weighted by atomic mass is 10.3. The van der Waals surface area contributed by atoms with Gasteiger partial charge in [-0.2, -0.15) is 0 Å². The van der Waals surface area contributed by atoms with Crippen LogP contribution in [0.2, 0.25) is 5.02 Å². The number of amides is 2. The molecule has 0 unspecified atom stereocenters. The minimum atomic E-state index is -3.06. The Morgan fingerprint density at radius 3 is 2.40 bits per heavy atom. The molecule has 0 fully saturated rings. The molecule has 0 aliphatic rings. The zero-order valence-corrected chi connectivity index (χ0v) is 12.6. The number of hydrogen-bond acceptors (Lipinski definition) is 4. The first-order chi connectivity index (χ1) is 9.37. The number of hydrogen-bond donors (Lipinski definition) is 2. The number of halogens is 1. The fourth-order valence-electron chi connectivity index (χ4n) is 1.28. The Morgan fingerprint density at radius 1 is 1.20 bits per heavy atom. The molecule has 1 aromatic carbocycles. The Hall–Kier alpha value is -1.47. The van der Waals surface area contributed by atoms with Crippen LogP contribution in [0.5, 0.6) is 5.75 Å². The molecule has 112 valence electrons. The zero-order valence-electron chi connectivity index (χ0n) is 11.1. The van der Waals surface area contributed by atoms with Crippen LogP contribution in [0.15, 0.2) is 24.3 Å². The van der Waals surface area contributed by atoms with E-state index in [1.807, 2.05) is 0 Å². The molecule has 0 saturated carbocycles. The summed E-state index contributed by atoms with van der Waals surface area (Å²) in [4.78, 5) is 11.3. The van der Waals surface area contributed by atoms with Crippen molar-refractivity contribution >= 4 is 27.5 Å². The van der Waals surface area contributed by atoms with Gasteiger partial charge in [-0.15, -0.1) is 0 Å². The minimum Gasteiger partial charge on any atom is -0.492 e. The number of sulfone groups is 1. The van der Waals surface area contributed by atoms with Gasteiger partial charge >= 0.3 is 6.03 Å². The SMILES string of the molecule is CS(=O)(=O)CCNC(=O)NCCOc1ccc(Cl)cc1.